The second kappa shape index (κ2) is 7.31. The largest absolute Gasteiger partial charge is 0.486 e. The first-order valence-electron chi connectivity index (χ1n) is 9.29. The average Bonchev–Trinajstić information content (AvgIpc) is 3.08. The molecule has 2 aromatic carbocycles. The van der Waals surface area contributed by atoms with Crippen molar-refractivity contribution in [2.75, 3.05) is 13.2 Å². The molecule has 5 rings (SSSR count). The van der Waals surface area contributed by atoms with Crippen LogP contribution >= 0.6 is 11.3 Å². The van der Waals surface area contributed by atoms with Crippen molar-refractivity contribution in [3.63, 3.8) is 0 Å². The van der Waals surface area contributed by atoms with Crippen LogP contribution in [0.2, 0.25) is 0 Å². The van der Waals surface area contributed by atoms with E-state index in [0.717, 1.165) is 10.2 Å². The minimum atomic E-state index is -0.656. The molecule has 8 heteroatoms. The predicted molar refractivity (Wildman–Crippen MR) is 113 cm³/mol. The Labute approximate surface area is 174 Å². The van der Waals surface area contributed by atoms with E-state index in [-0.39, 0.29) is 5.56 Å². The van der Waals surface area contributed by atoms with Gasteiger partial charge in [-0.1, -0.05) is 29.5 Å². The summed E-state index contributed by atoms with van der Waals surface area (Å²) in [6.45, 7) is 5.21. The number of allylic oxidation sites excluding steroid dienone is 1. The summed E-state index contributed by atoms with van der Waals surface area (Å²) in [5.41, 5.74) is 0.760. The normalized spacial score (nSPS) is 13.7. The molecule has 150 valence electrons. The van der Waals surface area contributed by atoms with Gasteiger partial charge in [0.2, 0.25) is 5.43 Å². The zero-order valence-corrected chi connectivity index (χ0v) is 16.6. The van der Waals surface area contributed by atoms with Gasteiger partial charge in [-0.15, -0.1) is 6.58 Å². The Kier molecular flexibility index (Phi) is 4.48. The molecule has 0 radical (unpaired) electrons. The van der Waals surface area contributed by atoms with Gasteiger partial charge >= 0.3 is 0 Å². The maximum Gasteiger partial charge on any atom is 0.286 e. The number of hydrogen-bond donors (Lipinski definition) is 0. The Morgan fingerprint density at radius 3 is 2.77 bits per heavy atom. The highest BCUT2D eigenvalue weighted by molar-refractivity contribution is 7.16. The van der Waals surface area contributed by atoms with E-state index in [1.54, 1.807) is 30.3 Å². The van der Waals surface area contributed by atoms with Crippen molar-refractivity contribution in [1.82, 2.24) is 4.57 Å². The van der Waals surface area contributed by atoms with Gasteiger partial charge in [0.25, 0.3) is 5.91 Å². The Balaban J connectivity index is 1.67. The lowest BCUT2D eigenvalue weighted by Gasteiger charge is -2.18. The SMILES string of the molecule is C=CCn1c(=NC(=O)c2coc3ccccc3c2=O)sc2cc3c(cc21)OCCO3. The standard InChI is InChI=1S/C22H16N2O5S/c1-2-7-24-15-10-17-18(28-9-8-27-17)11-19(15)30-22(24)23-21(26)14-12-29-16-6-4-3-5-13(16)20(14)25/h2-6,10-12H,1,7-9H2. The molecule has 2 aromatic heterocycles. The first-order valence-corrected chi connectivity index (χ1v) is 10.1. The lowest BCUT2D eigenvalue weighted by molar-refractivity contribution is 0.0995. The van der Waals surface area contributed by atoms with Crippen molar-refractivity contribution >= 4 is 38.4 Å². The molecule has 1 aliphatic heterocycles. The summed E-state index contributed by atoms with van der Waals surface area (Å²) in [4.78, 5) is 30.3. The number of hydrogen-bond acceptors (Lipinski definition) is 6. The highest BCUT2D eigenvalue weighted by Gasteiger charge is 2.18. The summed E-state index contributed by atoms with van der Waals surface area (Å²) in [5, 5.41) is 0.343. The van der Waals surface area contributed by atoms with Crippen LogP contribution in [0.3, 0.4) is 0 Å². The van der Waals surface area contributed by atoms with Crippen molar-refractivity contribution in [2.45, 2.75) is 6.54 Å². The lowest BCUT2D eigenvalue weighted by Crippen LogP contribution is -2.20. The Hall–Kier alpha value is -3.65. The zero-order chi connectivity index (χ0) is 20.7. The Morgan fingerprint density at radius 1 is 1.20 bits per heavy atom. The van der Waals surface area contributed by atoms with Gasteiger partial charge in [0.1, 0.15) is 30.6 Å². The fraction of sp³-hybridized carbons (Fsp3) is 0.136. The molecular weight excluding hydrogens is 404 g/mol. The molecular formula is C22H16N2O5S. The summed E-state index contributed by atoms with van der Waals surface area (Å²) in [6, 6.07) is 10.5. The third-order valence-corrected chi connectivity index (χ3v) is 5.81. The van der Waals surface area contributed by atoms with E-state index >= 15 is 0 Å². The predicted octanol–water partition coefficient (Wildman–Crippen LogP) is 3.51. The summed E-state index contributed by atoms with van der Waals surface area (Å²) in [6.07, 6.45) is 2.89. The monoisotopic (exact) mass is 420 g/mol. The maximum absolute atomic E-state index is 12.9. The van der Waals surface area contributed by atoms with Crippen LogP contribution in [0.15, 0.2) is 69.5 Å². The van der Waals surface area contributed by atoms with E-state index in [9.17, 15) is 9.59 Å². The van der Waals surface area contributed by atoms with E-state index in [1.807, 2.05) is 16.7 Å². The van der Waals surface area contributed by atoms with E-state index in [2.05, 4.69) is 11.6 Å². The van der Waals surface area contributed by atoms with Crippen molar-refractivity contribution in [1.29, 1.82) is 0 Å². The minimum absolute atomic E-state index is 0.109. The number of ether oxygens (including phenoxy) is 2. The molecule has 7 nitrogen and oxygen atoms in total. The quantitative estimate of drug-likeness (QED) is 0.474. The number of carbonyl (C=O) groups is 1. The average molecular weight is 420 g/mol. The van der Waals surface area contributed by atoms with Crippen molar-refractivity contribution in [3.05, 3.63) is 75.9 Å². The highest BCUT2D eigenvalue weighted by Crippen LogP contribution is 2.35. The third-order valence-electron chi connectivity index (χ3n) is 4.77. The number of fused-ring (bicyclic) bond motifs is 3. The molecule has 0 bridgehead atoms. The van der Waals surface area contributed by atoms with Crippen molar-refractivity contribution < 1.29 is 18.7 Å². The second-order valence-electron chi connectivity index (χ2n) is 6.64. The molecule has 30 heavy (non-hydrogen) atoms. The van der Waals surface area contributed by atoms with Crippen molar-refractivity contribution in [3.8, 4) is 11.5 Å². The fourth-order valence-corrected chi connectivity index (χ4v) is 4.42. The molecule has 0 unspecified atom stereocenters. The molecule has 0 atom stereocenters. The number of thiazole rings is 1. The lowest BCUT2D eigenvalue weighted by atomic mass is 10.2. The molecule has 4 aromatic rings. The van der Waals surface area contributed by atoms with Gasteiger partial charge in [0, 0.05) is 18.7 Å². The molecule has 0 aliphatic carbocycles. The summed E-state index contributed by atoms with van der Waals surface area (Å²) in [7, 11) is 0. The summed E-state index contributed by atoms with van der Waals surface area (Å²) < 4.78 is 19.5. The molecule has 1 amide bonds. The van der Waals surface area contributed by atoms with E-state index in [1.165, 1.54) is 17.6 Å². The number of carbonyl (C=O) groups excluding carboxylic acids is 1. The smallest absolute Gasteiger partial charge is 0.286 e. The first kappa shape index (κ1) is 18.4. The Morgan fingerprint density at radius 2 is 1.97 bits per heavy atom. The van der Waals surface area contributed by atoms with Gasteiger partial charge in [-0.2, -0.15) is 4.99 Å². The van der Waals surface area contributed by atoms with Crippen LogP contribution in [-0.4, -0.2) is 23.7 Å². The number of amides is 1. The van der Waals surface area contributed by atoms with Gasteiger partial charge in [0.15, 0.2) is 16.3 Å². The van der Waals surface area contributed by atoms with Crippen LogP contribution in [-0.2, 0) is 6.54 Å². The van der Waals surface area contributed by atoms with Gasteiger partial charge in [-0.25, -0.2) is 0 Å². The molecule has 3 heterocycles. The van der Waals surface area contributed by atoms with Crippen LogP contribution in [0.25, 0.3) is 21.2 Å². The first-order chi connectivity index (χ1) is 14.7. The molecule has 0 fully saturated rings. The van der Waals surface area contributed by atoms with Crippen molar-refractivity contribution in [2.24, 2.45) is 4.99 Å². The number of nitrogens with zero attached hydrogens (tertiary/aromatic N) is 2. The van der Waals surface area contributed by atoms with E-state index < -0.39 is 11.3 Å². The van der Waals surface area contributed by atoms with Crippen LogP contribution < -0.4 is 19.7 Å². The number of para-hydroxylation sites is 1. The third kappa shape index (κ3) is 3.02. The van der Waals surface area contributed by atoms with Crippen LogP contribution in [0, 0.1) is 0 Å². The zero-order valence-electron chi connectivity index (χ0n) is 15.8. The van der Waals surface area contributed by atoms with Crippen LogP contribution in [0.4, 0.5) is 0 Å². The summed E-state index contributed by atoms with van der Waals surface area (Å²) >= 11 is 1.33. The Bertz CT molecular complexity index is 1440. The maximum atomic E-state index is 12.9. The van der Waals surface area contributed by atoms with Gasteiger partial charge in [0.05, 0.1) is 15.6 Å². The summed E-state index contributed by atoms with van der Waals surface area (Å²) in [5.74, 6) is 0.655. The fourth-order valence-electron chi connectivity index (χ4n) is 3.37. The number of rotatable bonds is 3. The molecule has 0 saturated carbocycles. The highest BCUT2D eigenvalue weighted by atomic mass is 32.1. The van der Waals surface area contributed by atoms with Crippen LogP contribution in [0.1, 0.15) is 10.4 Å². The van der Waals surface area contributed by atoms with E-state index in [0.29, 0.717) is 47.0 Å². The topological polar surface area (TPSA) is 83.0 Å². The second-order valence-corrected chi connectivity index (χ2v) is 7.65. The number of aromatic nitrogens is 1. The van der Waals surface area contributed by atoms with Crippen LogP contribution in [0.5, 0.6) is 11.5 Å². The van der Waals surface area contributed by atoms with Gasteiger partial charge < -0.3 is 18.5 Å². The van der Waals surface area contributed by atoms with Gasteiger partial charge in [-0.05, 0) is 12.1 Å². The van der Waals surface area contributed by atoms with Gasteiger partial charge in [-0.3, -0.25) is 9.59 Å². The van der Waals surface area contributed by atoms with E-state index in [4.69, 9.17) is 13.9 Å². The number of benzene rings is 2. The molecule has 1 aliphatic rings. The molecule has 0 N–H and O–H groups in total. The minimum Gasteiger partial charge on any atom is -0.486 e. The molecule has 0 spiro atoms. The molecule has 0 saturated heterocycles.